The van der Waals surface area contributed by atoms with Crippen LogP contribution in [0.5, 0.6) is 0 Å². The van der Waals surface area contributed by atoms with Crippen LogP contribution >= 0.6 is 0 Å². The van der Waals surface area contributed by atoms with E-state index in [0.29, 0.717) is 5.39 Å². The van der Waals surface area contributed by atoms with Gasteiger partial charge >= 0.3 is 0 Å². The van der Waals surface area contributed by atoms with Gasteiger partial charge in [0.25, 0.3) is 10.1 Å². The van der Waals surface area contributed by atoms with E-state index in [2.05, 4.69) is 6.92 Å². The van der Waals surface area contributed by atoms with Gasteiger partial charge in [-0.3, -0.25) is 4.55 Å². The van der Waals surface area contributed by atoms with Crippen molar-refractivity contribution in [1.82, 2.24) is 0 Å². The lowest BCUT2D eigenvalue weighted by Crippen LogP contribution is -2.01. The van der Waals surface area contributed by atoms with E-state index in [1.54, 1.807) is 6.07 Å². The summed E-state index contributed by atoms with van der Waals surface area (Å²) in [5.41, 5.74) is 1.01. The van der Waals surface area contributed by atoms with E-state index in [9.17, 15) is 13.0 Å². The summed E-state index contributed by atoms with van der Waals surface area (Å²) in [6.45, 7) is 2.26. The van der Waals surface area contributed by atoms with Crippen LogP contribution in [0.4, 0.5) is 0 Å². The van der Waals surface area contributed by atoms with Crippen molar-refractivity contribution in [2.75, 3.05) is 0 Å². The summed E-state index contributed by atoms with van der Waals surface area (Å²) in [5, 5.41) is 1.54. The predicted octanol–water partition coefficient (Wildman–Crippen LogP) is 7.33. The largest absolute Gasteiger partial charge is 0.295 e. The quantitative estimate of drug-likeness (QED) is 0.265. The molecule has 2 aromatic rings. The van der Waals surface area contributed by atoms with Crippen molar-refractivity contribution < 1.29 is 13.0 Å². The molecule has 4 heteroatoms. The Hall–Kier alpha value is -1.39. The lowest BCUT2D eigenvalue weighted by atomic mass is 9.99. The lowest BCUT2D eigenvalue weighted by molar-refractivity contribution is 0.484. The first kappa shape index (κ1) is 22.9. The molecule has 0 aliphatic heterocycles. The van der Waals surface area contributed by atoms with Crippen molar-refractivity contribution in [3.8, 4) is 0 Å². The first-order valence-corrected chi connectivity index (χ1v) is 12.5. The number of rotatable bonds is 14. The molecule has 0 atom stereocenters. The van der Waals surface area contributed by atoms with Crippen LogP contribution in [0.2, 0.25) is 0 Å². The van der Waals surface area contributed by atoms with Gasteiger partial charge in [0.15, 0.2) is 0 Å². The van der Waals surface area contributed by atoms with E-state index in [-0.39, 0.29) is 4.90 Å². The second-order valence-electron chi connectivity index (χ2n) is 7.89. The average molecular weight is 405 g/mol. The molecule has 0 amide bonds. The number of benzene rings is 2. The third kappa shape index (κ3) is 7.56. The zero-order chi connectivity index (χ0) is 20.2. The summed E-state index contributed by atoms with van der Waals surface area (Å²) in [4.78, 5) is 0.0273. The Bertz CT molecular complexity index is 806. The molecule has 1 N–H and O–H groups in total. The molecule has 0 saturated heterocycles. The number of fused-ring (bicyclic) bond motifs is 1. The molecular formula is C24H36O3S. The van der Waals surface area contributed by atoms with Crippen LogP contribution in [0.3, 0.4) is 0 Å². The third-order valence-corrected chi connectivity index (χ3v) is 6.43. The topological polar surface area (TPSA) is 54.4 Å². The molecular weight excluding hydrogens is 368 g/mol. The molecule has 156 valence electrons. The minimum absolute atomic E-state index is 0.0273. The first-order valence-electron chi connectivity index (χ1n) is 11.0. The second-order valence-corrected chi connectivity index (χ2v) is 9.28. The van der Waals surface area contributed by atoms with Crippen molar-refractivity contribution in [1.29, 1.82) is 0 Å². The van der Waals surface area contributed by atoms with Gasteiger partial charge in [0.05, 0.1) is 0 Å². The number of hydrogen-bond donors (Lipinski definition) is 1. The minimum atomic E-state index is -4.21. The molecule has 2 aromatic carbocycles. The SMILES string of the molecule is CCCCCCCCCCCCCCc1cccc2cccc(S(=O)(=O)O)c12. The molecule has 2 rings (SSSR count). The Morgan fingerprint density at radius 1 is 0.714 bits per heavy atom. The Morgan fingerprint density at radius 2 is 1.21 bits per heavy atom. The molecule has 0 saturated carbocycles. The molecule has 3 nitrogen and oxygen atoms in total. The van der Waals surface area contributed by atoms with Gasteiger partial charge < -0.3 is 0 Å². The smallest absolute Gasteiger partial charge is 0.282 e. The first-order chi connectivity index (χ1) is 13.5. The predicted molar refractivity (Wildman–Crippen MR) is 119 cm³/mol. The summed E-state index contributed by atoms with van der Waals surface area (Å²) in [5.74, 6) is 0. The lowest BCUT2D eigenvalue weighted by Gasteiger charge is -2.10. The summed E-state index contributed by atoms with van der Waals surface area (Å²) in [6.07, 6.45) is 16.5. The zero-order valence-electron chi connectivity index (χ0n) is 17.3. The number of hydrogen-bond acceptors (Lipinski definition) is 2. The molecule has 0 unspecified atom stereocenters. The van der Waals surface area contributed by atoms with Crippen molar-refractivity contribution in [3.63, 3.8) is 0 Å². The number of unbranched alkanes of at least 4 members (excludes halogenated alkanes) is 11. The van der Waals surface area contributed by atoms with Gasteiger partial charge in [0.2, 0.25) is 0 Å². The van der Waals surface area contributed by atoms with Crippen LogP contribution < -0.4 is 0 Å². The van der Waals surface area contributed by atoms with Crippen LogP contribution in [0.1, 0.15) is 89.5 Å². The van der Waals surface area contributed by atoms with Gasteiger partial charge in [-0.1, -0.05) is 108 Å². The molecule has 0 aliphatic rings. The average Bonchev–Trinajstić information content (AvgIpc) is 2.67. The van der Waals surface area contributed by atoms with Gasteiger partial charge in [0.1, 0.15) is 4.90 Å². The molecule has 0 bridgehead atoms. The van der Waals surface area contributed by atoms with Crippen molar-refractivity contribution in [3.05, 3.63) is 42.0 Å². The summed E-state index contributed by atoms with van der Waals surface area (Å²) < 4.78 is 33.0. The Balaban J connectivity index is 1.72. The molecule has 0 heterocycles. The highest BCUT2D eigenvalue weighted by Gasteiger charge is 2.16. The van der Waals surface area contributed by atoms with E-state index in [1.165, 1.54) is 76.7 Å². The molecule has 28 heavy (non-hydrogen) atoms. The van der Waals surface area contributed by atoms with Gasteiger partial charge in [-0.05, 0) is 29.9 Å². The van der Waals surface area contributed by atoms with E-state index < -0.39 is 10.1 Å². The van der Waals surface area contributed by atoms with Gasteiger partial charge in [-0.25, -0.2) is 0 Å². The summed E-state index contributed by atoms with van der Waals surface area (Å²) in [6, 6.07) is 10.9. The molecule has 0 aromatic heterocycles. The molecule has 0 aliphatic carbocycles. The van der Waals surface area contributed by atoms with Gasteiger partial charge in [0, 0.05) is 5.39 Å². The zero-order valence-corrected chi connectivity index (χ0v) is 18.1. The fourth-order valence-electron chi connectivity index (χ4n) is 3.96. The summed E-state index contributed by atoms with van der Waals surface area (Å²) in [7, 11) is -4.21. The van der Waals surface area contributed by atoms with E-state index in [4.69, 9.17) is 0 Å². The highest BCUT2D eigenvalue weighted by Crippen LogP contribution is 2.28. The van der Waals surface area contributed by atoms with Crippen LogP contribution in [0, 0.1) is 0 Å². The van der Waals surface area contributed by atoms with Crippen molar-refractivity contribution in [2.45, 2.75) is 95.3 Å². The van der Waals surface area contributed by atoms with E-state index in [1.807, 2.05) is 24.3 Å². The normalized spacial score (nSPS) is 11.9. The van der Waals surface area contributed by atoms with Crippen LogP contribution in [0.25, 0.3) is 10.8 Å². The fourth-order valence-corrected chi connectivity index (χ4v) is 4.72. The third-order valence-electron chi connectivity index (χ3n) is 5.53. The van der Waals surface area contributed by atoms with Crippen LogP contribution in [0.15, 0.2) is 41.3 Å². The fraction of sp³-hybridized carbons (Fsp3) is 0.583. The second kappa shape index (κ2) is 12.2. The van der Waals surface area contributed by atoms with Crippen molar-refractivity contribution >= 4 is 20.9 Å². The Kier molecular flexibility index (Phi) is 10.0. The summed E-state index contributed by atoms with van der Waals surface area (Å²) >= 11 is 0. The van der Waals surface area contributed by atoms with Crippen molar-refractivity contribution in [2.24, 2.45) is 0 Å². The maximum absolute atomic E-state index is 11.7. The van der Waals surface area contributed by atoms with Gasteiger partial charge in [-0.2, -0.15) is 8.42 Å². The number of aryl methyl sites for hydroxylation is 1. The van der Waals surface area contributed by atoms with Crippen LogP contribution in [-0.4, -0.2) is 13.0 Å². The highest BCUT2D eigenvalue weighted by molar-refractivity contribution is 7.86. The Labute approximate surface area is 171 Å². The maximum Gasteiger partial charge on any atom is 0.295 e. The molecule has 0 radical (unpaired) electrons. The molecule has 0 spiro atoms. The minimum Gasteiger partial charge on any atom is -0.282 e. The van der Waals surface area contributed by atoms with Crippen LogP contribution in [-0.2, 0) is 16.5 Å². The van der Waals surface area contributed by atoms with Gasteiger partial charge in [-0.15, -0.1) is 0 Å². The van der Waals surface area contributed by atoms with E-state index in [0.717, 1.165) is 23.8 Å². The monoisotopic (exact) mass is 404 g/mol. The molecule has 0 fully saturated rings. The highest BCUT2D eigenvalue weighted by atomic mass is 32.2. The standard InChI is InChI=1S/C24H36O3S/c1-2-3-4-5-6-7-8-9-10-11-12-13-16-21-17-14-18-22-19-15-20-23(24(21)22)28(25,26)27/h14-15,17-20H,2-13,16H2,1H3,(H,25,26,27). The Morgan fingerprint density at radius 3 is 1.75 bits per heavy atom. The maximum atomic E-state index is 11.7. The van der Waals surface area contributed by atoms with E-state index >= 15 is 0 Å².